The molecule has 0 atom stereocenters. The number of carbonyl (C=O) groups is 1. The number of benzene rings is 2. The lowest BCUT2D eigenvalue weighted by Crippen LogP contribution is -2.16. The Bertz CT molecular complexity index is 694. The third-order valence-corrected chi connectivity index (χ3v) is 4.04. The highest BCUT2D eigenvalue weighted by Gasteiger charge is 2.22. The van der Waals surface area contributed by atoms with Gasteiger partial charge in [0.05, 0.1) is 0 Å². The molecule has 0 saturated heterocycles. The summed E-state index contributed by atoms with van der Waals surface area (Å²) >= 11 is 0. The summed E-state index contributed by atoms with van der Waals surface area (Å²) in [6.07, 6.45) is 0. The van der Waals surface area contributed by atoms with Crippen LogP contribution in [0.15, 0.2) is 30.3 Å². The summed E-state index contributed by atoms with van der Waals surface area (Å²) in [4.78, 5) is 11.7. The Morgan fingerprint density at radius 1 is 0.762 bits per heavy atom. The fraction of sp³-hybridized carbons (Fsp3) is 0.450. The zero-order chi connectivity index (χ0) is 16.0. The van der Waals surface area contributed by atoms with Gasteiger partial charge >= 0.3 is 0 Å². The molecule has 0 aliphatic heterocycles. The van der Waals surface area contributed by atoms with Gasteiger partial charge in [0.25, 0.3) is 0 Å². The van der Waals surface area contributed by atoms with Crippen LogP contribution >= 0.6 is 0 Å². The smallest absolute Gasteiger partial charge is 0.159 e. The van der Waals surface area contributed by atoms with Crippen molar-refractivity contribution in [1.29, 1.82) is 0 Å². The zero-order valence-corrected chi connectivity index (χ0v) is 14.3. The zero-order valence-electron chi connectivity index (χ0n) is 14.3. The first-order valence-corrected chi connectivity index (χ1v) is 7.60. The molecule has 112 valence electrons. The van der Waals surface area contributed by atoms with Gasteiger partial charge in [0.2, 0.25) is 0 Å². The number of ketones is 1. The van der Waals surface area contributed by atoms with Crippen LogP contribution in [0, 0.1) is 0 Å². The van der Waals surface area contributed by atoms with Crippen molar-refractivity contribution in [1.82, 2.24) is 0 Å². The standard InChI is InChI=1S/C20H26O/c1-13(21)14-8-9-15-16(12-14)18(20(5,6)7)11-10-17(15)19(2,3)4/h8-12H,1-7H3. The van der Waals surface area contributed by atoms with Gasteiger partial charge in [-0.25, -0.2) is 0 Å². The third kappa shape index (κ3) is 3.02. The molecule has 21 heavy (non-hydrogen) atoms. The van der Waals surface area contributed by atoms with Gasteiger partial charge in [-0.1, -0.05) is 65.8 Å². The van der Waals surface area contributed by atoms with Crippen LogP contribution in [0.1, 0.15) is 70.0 Å². The quantitative estimate of drug-likeness (QED) is 0.619. The SMILES string of the molecule is CC(=O)c1ccc2c(C(C)(C)C)ccc(C(C)(C)C)c2c1. The topological polar surface area (TPSA) is 17.1 Å². The van der Waals surface area contributed by atoms with Crippen LogP contribution in [0.4, 0.5) is 0 Å². The highest BCUT2D eigenvalue weighted by atomic mass is 16.1. The van der Waals surface area contributed by atoms with Gasteiger partial charge in [-0.05, 0) is 45.7 Å². The third-order valence-electron chi connectivity index (χ3n) is 4.04. The fourth-order valence-electron chi connectivity index (χ4n) is 2.88. The summed E-state index contributed by atoms with van der Waals surface area (Å²) in [5.41, 5.74) is 3.57. The van der Waals surface area contributed by atoms with Gasteiger partial charge < -0.3 is 0 Å². The Balaban J connectivity index is 2.89. The second-order valence-corrected chi connectivity index (χ2v) is 7.98. The first-order chi connectivity index (χ1) is 9.51. The summed E-state index contributed by atoms with van der Waals surface area (Å²) < 4.78 is 0. The Morgan fingerprint density at radius 3 is 1.67 bits per heavy atom. The van der Waals surface area contributed by atoms with E-state index in [1.807, 2.05) is 6.07 Å². The van der Waals surface area contributed by atoms with Crippen molar-refractivity contribution in [3.8, 4) is 0 Å². The maximum atomic E-state index is 11.7. The second-order valence-electron chi connectivity index (χ2n) is 7.98. The van der Waals surface area contributed by atoms with Gasteiger partial charge in [0.15, 0.2) is 5.78 Å². The minimum absolute atomic E-state index is 0.0596. The van der Waals surface area contributed by atoms with Crippen molar-refractivity contribution in [2.45, 2.75) is 59.3 Å². The predicted molar refractivity (Wildman–Crippen MR) is 91.4 cm³/mol. The molecule has 0 aliphatic rings. The van der Waals surface area contributed by atoms with E-state index in [9.17, 15) is 4.79 Å². The largest absolute Gasteiger partial charge is 0.295 e. The molecule has 1 nitrogen and oxygen atoms in total. The van der Waals surface area contributed by atoms with E-state index in [2.05, 4.69) is 65.8 Å². The van der Waals surface area contributed by atoms with E-state index >= 15 is 0 Å². The molecule has 0 bridgehead atoms. The summed E-state index contributed by atoms with van der Waals surface area (Å²) in [7, 11) is 0. The summed E-state index contributed by atoms with van der Waals surface area (Å²) in [6.45, 7) is 15.0. The Labute approximate surface area is 128 Å². The van der Waals surface area contributed by atoms with Crippen LogP contribution in [0.3, 0.4) is 0 Å². The van der Waals surface area contributed by atoms with E-state index < -0.39 is 0 Å². The number of carbonyl (C=O) groups excluding carboxylic acids is 1. The lowest BCUT2D eigenvalue weighted by molar-refractivity contribution is 0.101. The average molecular weight is 282 g/mol. The first kappa shape index (κ1) is 15.8. The maximum Gasteiger partial charge on any atom is 0.159 e. The number of Topliss-reactive ketones (excluding diaryl/α,β-unsaturated/α-hetero) is 1. The monoisotopic (exact) mass is 282 g/mol. The van der Waals surface area contributed by atoms with Crippen LogP contribution in [0.5, 0.6) is 0 Å². The molecule has 1 heteroatoms. The van der Waals surface area contributed by atoms with Gasteiger partial charge in [-0.2, -0.15) is 0 Å². The van der Waals surface area contributed by atoms with Gasteiger partial charge in [-0.3, -0.25) is 4.79 Å². The Hall–Kier alpha value is -1.63. The molecule has 2 aromatic rings. The Morgan fingerprint density at radius 2 is 1.24 bits per heavy atom. The van der Waals surface area contributed by atoms with Crippen molar-refractivity contribution in [2.24, 2.45) is 0 Å². The van der Waals surface area contributed by atoms with Gasteiger partial charge in [0, 0.05) is 5.56 Å². The summed E-state index contributed by atoms with van der Waals surface area (Å²) in [5.74, 6) is 0.123. The fourth-order valence-corrected chi connectivity index (χ4v) is 2.88. The molecule has 2 rings (SSSR count). The van der Waals surface area contributed by atoms with Crippen molar-refractivity contribution in [2.75, 3.05) is 0 Å². The predicted octanol–water partition coefficient (Wildman–Crippen LogP) is 5.64. The molecular weight excluding hydrogens is 256 g/mol. The van der Waals surface area contributed by atoms with Crippen LogP contribution < -0.4 is 0 Å². The van der Waals surface area contributed by atoms with Crippen molar-refractivity contribution in [3.63, 3.8) is 0 Å². The number of hydrogen-bond donors (Lipinski definition) is 0. The number of hydrogen-bond acceptors (Lipinski definition) is 1. The van der Waals surface area contributed by atoms with Crippen LogP contribution in [-0.2, 0) is 10.8 Å². The molecule has 0 heterocycles. The molecule has 0 unspecified atom stereocenters. The van der Waals surface area contributed by atoms with Gasteiger partial charge in [-0.15, -0.1) is 0 Å². The minimum Gasteiger partial charge on any atom is -0.295 e. The summed E-state index contributed by atoms with van der Waals surface area (Å²) in [6, 6.07) is 10.6. The van der Waals surface area contributed by atoms with Crippen molar-refractivity contribution in [3.05, 3.63) is 47.0 Å². The van der Waals surface area contributed by atoms with Gasteiger partial charge in [0.1, 0.15) is 0 Å². The van der Waals surface area contributed by atoms with Crippen molar-refractivity contribution < 1.29 is 4.79 Å². The lowest BCUT2D eigenvalue weighted by Gasteiger charge is -2.27. The minimum atomic E-state index is 0.0596. The molecule has 0 aromatic heterocycles. The highest BCUT2D eigenvalue weighted by Crippen LogP contribution is 2.36. The van der Waals surface area contributed by atoms with Crippen LogP contribution in [0.25, 0.3) is 10.8 Å². The average Bonchev–Trinajstić information content (AvgIpc) is 2.34. The second kappa shape index (κ2) is 4.98. The van der Waals surface area contributed by atoms with E-state index in [0.717, 1.165) is 5.56 Å². The number of rotatable bonds is 1. The van der Waals surface area contributed by atoms with E-state index in [1.54, 1.807) is 6.92 Å². The molecule has 0 N–H and O–H groups in total. The first-order valence-electron chi connectivity index (χ1n) is 7.60. The molecule has 0 radical (unpaired) electrons. The van der Waals surface area contributed by atoms with Crippen LogP contribution in [-0.4, -0.2) is 5.78 Å². The normalized spacial score (nSPS) is 12.7. The molecule has 0 spiro atoms. The molecular formula is C20H26O. The molecule has 2 aromatic carbocycles. The van der Waals surface area contributed by atoms with E-state index in [-0.39, 0.29) is 16.6 Å². The maximum absolute atomic E-state index is 11.7. The van der Waals surface area contributed by atoms with Crippen LogP contribution in [0.2, 0.25) is 0 Å². The van der Waals surface area contributed by atoms with E-state index in [0.29, 0.717) is 0 Å². The summed E-state index contributed by atoms with van der Waals surface area (Å²) in [5, 5.41) is 2.47. The number of fused-ring (bicyclic) bond motifs is 1. The van der Waals surface area contributed by atoms with Crippen molar-refractivity contribution >= 4 is 16.6 Å². The van der Waals surface area contributed by atoms with E-state index in [4.69, 9.17) is 0 Å². The highest BCUT2D eigenvalue weighted by molar-refractivity contribution is 6.00. The Kier molecular flexibility index (Phi) is 3.73. The molecule has 0 saturated carbocycles. The lowest BCUT2D eigenvalue weighted by atomic mass is 9.77. The molecule has 0 aliphatic carbocycles. The van der Waals surface area contributed by atoms with E-state index in [1.165, 1.54) is 21.9 Å². The molecule has 0 fully saturated rings. The molecule has 0 amide bonds.